The lowest BCUT2D eigenvalue weighted by atomic mass is 9.66. The highest BCUT2D eigenvalue weighted by Gasteiger charge is 2.43. The van der Waals surface area contributed by atoms with Crippen LogP contribution in [0.5, 0.6) is 0 Å². The zero-order valence-corrected chi connectivity index (χ0v) is 20.0. The number of para-hydroxylation sites is 2. The van der Waals surface area contributed by atoms with Gasteiger partial charge >= 0.3 is 0 Å². The largest absolute Gasteiger partial charge is 0.328 e. The minimum Gasteiger partial charge on any atom is -0.328 e. The molecule has 6 rings (SSSR count). The van der Waals surface area contributed by atoms with Gasteiger partial charge in [0.05, 0.1) is 11.0 Å². The van der Waals surface area contributed by atoms with Gasteiger partial charge in [-0.3, -0.25) is 4.90 Å². The molecule has 33 heavy (non-hydrogen) atoms. The fraction of sp³-hybridized carbons (Fsp3) is 0.552. The van der Waals surface area contributed by atoms with Crippen LogP contribution in [0.3, 0.4) is 0 Å². The Hall–Kier alpha value is -2.17. The molecule has 0 amide bonds. The van der Waals surface area contributed by atoms with E-state index in [2.05, 4.69) is 71.0 Å². The fourth-order valence-corrected chi connectivity index (χ4v) is 7.46. The number of piperidine rings is 1. The molecule has 1 unspecified atom stereocenters. The Morgan fingerprint density at radius 1 is 0.879 bits per heavy atom. The minimum absolute atomic E-state index is 0.310. The third-order valence-electron chi connectivity index (χ3n) is 9.22. The SMILES string of the molecule is Cc1nc2ccccc2n1C1C[C@H]2CC[C@@H](C1)N2CCC1(c2ccccc2)CCC(N)CC1. The van der Waals surface area contributed by atoms with Crippen molar-refractivity contribution in [2.24, 2.45) is 5.73 Å². The second-order valence-corrected chi connectivity index (χ2v) is 11.0. The van der Waals surface area contributed by atoms with E-state index in [1.165, 1.54) is 62.8 Å². The van der Waals surface area contributed by atoms with Gasteiger partial charge in [-0.1, -0.05) is 42.5 Å². The molecular weight excluding hydrogens is 404 g/mol. The summed E-state index contributed by atoms with van der Waals surface area (Å²) < 4.78 is 2.55. The third kappa shape index (κ3) is 3.81. The fourth-order valence-electron chi connectivity index (χ4n) is 7.46. The molecule has 2 saturated heterocycles. The Morgan fingerprint density at radius 2 is 1.55 bits per heavy atom. The molecule has 2 bridgehead atoms. The second kappa shape index (κ2) is 8.56. The zero-order valence-electron chi connectivity index (χ0n) is 20.0. The Balaban J connectivity index is 1.20. The molecule has 0 radical (unpaired) electrons. The third-order valence-corrected chi connectivity index (χ3v) is 9.22. The van der Waals surface area contributed by atoms with E-state index in [9.17, 15) is 0 Å². The number of hydrogen-bond acceptors (Lipinski definition) is 3. The number of hydrogen-bond donors (Lipinski definition) is 1. The van der Waals surface area contributed by atoms with Crippen molar-refractivity contribution in [3.05, 3.63) is 66.0 Å². The second-order valence-electron chi connectivity index (χ2n) is 11.0. The highest BCUT2D eigenvalue weighted by atomic mass is 15.2. The predicted molar refractivity (Wildman–Crippen MR) is 135 cm³/mol. The van der Waals surface area contributed by atoms with E-state index < -0.39 is 0 Å². The summed E-state index contributed by atoms with van der Waals surface area (Å²) in [6, 6.07) is 22.4. The highest BCUT2D eigenvalue weighted by Crippen LogP contribution is 2.46. The molecule has 1 saturated carbocycles. The summed E-state index contributed by atoms with van der Waals surface area (Å²) in [6.45, 7) is 3.42. The van der Waals surface area contributed by atoms with Gasteiger partial charge in [0, 0.05) is 24.2 Å². The number of nitrogens with two attached hydrogens (primary N) is 1. The standard InChI is InChI=1S/C29H38N4/c1-21-31-27-9-5-6-10-28(27)33(21)26-19-24-11-12-25(20-26)32(24)18-17-29(15-13-23(30)14-16-29)22-7-3-2-4-8-22/h2-10,23-26H,11-20,30H2,1H3/t23?,24-,25+,26?,29?. The van der Waals surface area contributed by atoms with Gasteiger partial charge in [0.1, 0.15) is 5.82 Å². The summed E-state index contributed by atoms with van der Waals surface area (Å²) in [7, 11) is 0. The van der Waals surface area contributed by atoms with Crippen LogP contribution >= 0.6 is 0 Å². The van der Waals surface area contributed by atoms with Gasteiger partial charge in [-0.2, -0.15) is 0 Å². The first-order chi connectivity index (χ1) is 16.1. The number of rotatable bonds is 5. The molecule has 3 aromatic rings. The van der Waals surface area contributed by atoms with Crippen molar-refractivity contribution in [3.63, 3.8) is 0 Å². The van der Waals surface area contributed by atoms with Crippen molar-refractivity contribution in [2.75, 3.05) is 6.54 Å². The van der Waals surface area contributed by atoms with Crippen molar-refractivity contribution < 1.29 is 0 Å². The van der Waals surface area contributed by atoms with Gasteiger partial charge in [-0.05, 0) is 94.4 Å². The van der Waals surface area contributed by atoms with E-state index in [1.807, 2.05) is 0 Å². The molecular formula is C29H38N4. The average Bonchev–Trinajstić information content (AvgIpc) is 3.30. The van der Waals surface area contributed by atoms with Crippen LogP contribution in [0.15, 0.2) is 54.6 Å². The van der Waals surface area contributed by atoms with Crippen LogP contribution in [0.2, 0.25) is 0 Å². The van der Waals surface area contributed by atoms with Gasteiger partial charge in [0.25, 0.3) is 0 Å². The van der Waals surface area contributed by atoms with E-state index in [0.29, 0.717) is 29.6 Å². The van der Waals surface area contributed by atoms with Crippen LogP contribution in [0.1, 0.15) is 75.2 Å². The summed E-state index contributed by atoms with van der Waals surface area (Å²) in [5, 5.41) is 0. The summed E-state index contributed by atoms with van der Waals surface area (Å²) in [5.74, 6) is 1.18. The molecule has 2 aliphatic heterocycles. The molecule has 3 aliphatic rings. The molecule has 4 nitrogen and oxygen atoms in total. The number of aromatic nitrogens is 2. The summed E-state index contributed by atoms with van der Waals surface area (Å²) >= 11 is 0. The molecule has 4 heteroatoms. The Labute approximate surface area is 198 Å². The normalized spacial score (nSPS) is 32.4. The van der Waals surface area contributed by atoms with Gasteiger partial charge in [0.2, 0.25) is 0 Å². The quantitative estimate of drug-likeness (QED) is 0.548. The average molecular weight is 443 g/mol. The van der Waals surface area contributed by atoms with Crippen molar-refractivity contribution in [2.45, 2.75) is 94.3 Å². The van der Waals surface area contributed by atoms with E-state index >= 15 is 0 Å². The van der Waals surface area contributed by atoms with E-state index in [1.54, 1.807) is 5.56 Å². The van der Waals surface area contributed by atoms with Gasteiger partial charge in [-0.25, -0.2) is 4.98 Å². The topological polar surface area (TPSA) is 47.1 Å². The summed E-state index contributed by atoms with van der Waals surface area (Å²) in [6.07, 6.45) is 11.3. The van der Waals surface area contributed by atoms with Crippen molar-refractivity contribution in [1.82, 2.24) is 14.5 Å². The first kappa shape index (κ1) is 21.4. The maximum absolute atomic E-state index is 6.32. The molecule has 3 atom stereocenters. The molecule has 0 spiro atoms. The van der Waals surface area contributed by atoms with Crippen molar-refractivity contribution in [1.29, 1.82) is 0 Å². The van der Waals surface area contributed by atoms with Crippen molar-refractivity contribution in [3.8, 4) is 0 Å². The lowest BCUT2D eigenvalue weighted by Gasteiger charge is -2.44. The molecule has 1 aliphatic carbocycles. The first-order valence-electron chi connectivity index (χ1n) is 13.1. The van der Waals surface area contributed by atoms with Crippen LogP contribution in [0.25, 0.3) is 11.0 Å². The molecule has 3 fully saturated rings. The Kier molecular flexibility index (Phi) is 5.54. The molecule has 2 aromatic carbocycles. The molecule has 2 N–H and O–H groups in total. The number of benzene rings is 2. The monoisotopic (exact) mass is 442 g/mol. The van der Waals surface area contributed by atoms with Gasteiger partial charge in [-0.15, -0.1) is 0 Å². The van der Waals surface area contributed by atoms with Gasteiger partial charge in [0.15, 0.2) is 0 Å². The number of aryl methyl sites for hydroxylation is 1. The van der Waals surface area contributed by atoms with E-state index in [4.69, 9.17) is 10.7 Å². The maximum atomic E-state index is 6.32. The molecule has 3 heterocycles. The molecule has 1 aromatic heterocycles. The highest BCUT2D eigenvalue weighted by molar-refractivity contribution is 5.76. The van der Waals surface area contributed by atoms with Crippen LogP contribution in [-0.4, -0.2) is 39.1 Å². The number of imidazole rings is 1. The summed E-state index contributed by atoms with van der Waals surface area (Å²) in [4.78, 5) is 7.76. The number of fused-ring (bicyclic) bond motifs is 3. The van der Waals surface area contributed by atoms with E-state index in [-0.39, 0.29) is 0 Å². The lowest BCUT2D eigenvalue weighted by Crippen LogP contribution is -2.46. The Bertz CT molecular complexity index is 1080. The zero-order chi connectivity index (χ0) is 22.4. The van der Waals surface area contributed by atoms with E-state index in [0.717, 1.165) is 18.4 Å². The molecule has 174 valence electrons. The maximum Gasteiger partial charge on any atom is 0.106 e. The van der Waals surface area contributed by atoms with Crippen molar-refractivity contribution >= 4 is 11.0 Å². The van der Waals surface area contributed by atoms with Crippen LogP contribution in [0.4, 0.5) is 0 Å². The Morgan fingerprint density at radius 3 is 2.27 bits per heavy atom. The minimum atomic E-state index is 0.310. The smallest absolute Gasteiger partial charge is 0.106 e. The van der Waals surface area contributed by atoms with Crippen LogP contribution in [-0.2, 0) is 5.41 Å². The lowest BCUT2D eigenvalue weighted by molar-refractivity contribution is 0.0910. The first-order valence-corrected chi connectivity index (χ1v) is 13.1. The van der Waals surface area contributed by atoms with Crippen LogP contribution in [0, 0.1) is 6.92 Å². The number of nitrogens with zero attached hydrogens (tertiary/aromatic N) is 3. The summed E-state index contributed by atoms with van der Waals surface area (Å²) in [5.41, 5.74) is 10.6. The van der Waals surface area contributed by atoms with Gasteiger partial charge < -0.3 is 10.3 Å². The predicted octanol–water partition coefficient (Wildman–Crippen LogP) is 5.74. The van der Waals surface area contributed by atoms with Crippen LogP contribution < -0.4 is 5.73 Å².